The largest absolute Gasteiger partial charge is 0.319 e. The zero-order chi connectivity index (χ0) is 13.8. The van der Waals surface area contributed by atoms with Crippen LogP contribution in [-0.4, -0.2) is 21.8 Å². The van der Waals surface area contributed by atoms with E-state index in [4.69, 9.17) is 0 Å². The van der Waals surface area contributed by atoms with Crippen molar-refractivity contribution in [2.75, 3.05) is 10.6 Å². The number of hydrogen-bond acceptors (Lipinski definition) is 5. The van der Waals surface area contributed by atoms with Gasteiger partial charge < -0.3 is 10.6 Å². The Labute approximate surface area is 113 Å². The van der Waals surface area contributed by atoms with E-state index in [1.165, 1.54) is 18.3 Å². The Balaban J connectivity index is 2.05. The third-order valence-corrected chi connectivity index (χ3v) is 2.95. The van der Waals surface area contributed by atoms with Crippen LogP contribution in [0, 0.1) is 6.92 Å². The number of pyridine rings is 1. The minimum Gasteiger partial charge on any atom is -0.319 e. The zero-order valence-corrected chi connectivity index (χ0v) is 11.2. The van der Waals surface area contributed by atoms with Gasteiger partial charge in [0.1, 0.15) is 5.69 Å². The second-order valence-corrected chi connectivity index (χ2v) is 4.72. The van der Waals surface area contributed by atoms with E-state index in [1.807, 2.05) is 6.92 Å². The van der Waals surface area contributed by atoms with E-state index in [-0.39, 0.29) is 17.5 Å². The molecule has 2 heterocycles. The van der Waals surface area contributed by atoms with Crippen LogP contribution in [-0.2, 0) is 4.79 Å². The van der Waals surface area contributed by atoms with Gasteiger partial charge in [0.2, 0.25) is 5.91 Å². The van der Waals surface area contributed by atoms with Gasteiger partial charge in [-0.15, -0.1) is 11.3 Å². The quantitative estimate of drug-likeness (QED) is 0.898. The van der Waals surface area contributed by atoms with Crippen molar-refractivity contribution < 1.29 is 9.59 Å². The highest BCUT2D eigenvalue weighted by atomic mass is 32.1. The second-order valence-electron chi connectivity index (χ2n) is 3.86. The van der Waals surface area contributed by atoms with Gasteiger partial charge in [-0.1, -0.05) is 0 Å². The first-order valence-corrected chi connectivity index (χ1v) is 6.39. The Kier molecular flexibility index (Phi) is 3.86. The zero-order valence-electron chi connectivity index (χ0n) is 10.4. The molecule has 0 aliphatic carbocycles. The molecule has 0 aliphatic heterocycles. The van der Waals surface area contributed by atoms with Crippen molar-refractivity contribution >= 4 is 34.0 Å². The van der Waals surface area contributed by atoms with E-state index in [0.717, 1.165) is 5.69 Å². The maximum Gasteiger partial charge on any atom is 0.275 e. The molecule has 0 spiro atoms. The summed E-state index contributed by atoms with van der Waals surface area (Å²) >= 11 is 1.20. The lowest BCUT2D eigenvalue weighted by atomic mass is 10.3. The molecular weight excluding hydrogens is 264 g/mol. The summed E-state index contributed by atoms with van der Waals surface area (Å²) in [6, 6.07) is 3.57. The van der Waals surface area contributed by atoms with Gasteiger partial charge in [0.25, 0.3) is 5.91 Å². The molecule has 98 valence electrons. The predicted octanol–water partition coefficient (Wildman–Crippen LogP) is 2.06. The van der Waals surface area contributed by atoms with Gasteiger partial charge >= 0.3 is 0 Å². The molecule has 2 rings (SSSR count). The molecule has 7 heteroatoms. The number of rotatable bonds is 3. The van der Waals surface area contributed by atoms with Gasteiger partial charge in [-0.3, -0.25) is 14.6 Å². The number of thiazole rings is 1. The highest BCUT2D eigenvalue weighted by Crippen LogP contribution is 2.16. The van der Waals surface area contributed by atoms with Gasteiger partial charge in [0.15, 0.2) is 5.13 Å². The fourth-order valence-corrected chi connectivity index (χ4v) is 2.06. The lowest BCUT2D eigenvalue weighted by Gasteiger charge is -2.02. The van der Waals surface area contributed by atoms with Gasteiger partial charge in [-0.2, -0.15) is 0 Å². The van der Waals surface area contributed by atoms with Crippen molar-refractivity contribution in [2.45, 2.75) is 13.8 Å². The number of aryl methyl sites for hydroxylation is 1. The number of carbonyl (C=O) groups excluding carboxylic acids is 2. The number of hydrogen-bond donors (Lipinski definition) is 2. The van der Waals surface area contributed by atoms with Gasteiger partial charge in [-0.25, -0.2) is 4.98 Å². The number of nitrogens with one attached hydrogen (secondary N) is 2. The van der Waals surface area contributed by atoms with Crippen molar-refractivity contribution in [1.82, 2.24) is 9.97 Å². The molecule has 0 saturated heterocycles. The number of anilines is 2. The third kappa shape index (κ3) is 3.59. The highest BCUT2D eigenvalue weighted by Gasteiger charge is 2.11. The first-order valence-electron chi connectivity index (χ1n) is 5.52. The summed E-state index contributed by atoms with van der Waals surface area (Å²) in [6.45, 7) is 3.25. The van der Waals surface area contributed by atoms with Crippen molar-refractivity contribution in [1.29, 1.82) is 0 Å². The maximum absolute atomic E-state index is 11.9. The van der Waals surface area contributed by atoms with Crippen LogP contribution < -0.4 is 10.6 Å². The molecule has 0 unspecified atom stereocenters. The monoisotopic (exact) mass is 276 g/mol. The summed E-state index contributed by atoms with van der Waals surface area (Å²) in [5.74, 6) is -0.553. The molecule has 2 N–H and O–H groups in total. The van der Waals surface area contributed by atoms with E-state index >= 15 is 0 Å². The number of amides is 2. The second kappa shape index (κ2) is 5.57. The van der Waals surface area contributed by atoms with E-state index in [1.54, 1.807) is 23.7 Å². The van der Waals surface area contributed by atoms with Crippen LogP contribution >= 0.6 is 11.3 Å². The van der Waals surface area contributed by atoms with Gasteiger partial charge in [0.05, 0.1) is 11.9 Å². The van der Waals surface area contributed by atoms with E-state index in [2.05, 4.69) is 20.6 Å². The van der Waals surface area contributed by atoms with Gasteiger partial charge in [0, 0.05) is 18.0 Å². The Bertz CT molecular complexity index is 606. The number of nitrogens with zero attached hydrogens (tertiary/aromatic N) is 2. The number of carbonyl (C=O) groups is 2. The molecular formula is C12H12N4O2S. The number of aromatic nitrogens is 2. The van der Waals surface area contributed by atoms with Crippen LogP contribution in [0.1, 0.15) is 23.1 Å². The Morgan fingerprint density at radius 2 is 2.05 bits per heavy atom. The standard InChI is InChI=1S/C12H12N4O2S/c1-7-3-4-9(5-13-7)15-11(18)10-6-19-12(16-10)14-8(2)17/h3-6H,1-2H3,(H,15,18)(H,14,16,17). The van der Waals surface area contributed by atoms with Crippen LogP contribution in [0.4, 0.5) is 10.8 Å². The van der Waals surface area contributed by atoms with Crippen molar-refractivity contribution in [3.05, 3.63) is 35.1 Å². The van der Waals surface area contributed by atoms with E-state index < -0.39 is 0 Å². The minimum absolute atomic E-state index is 0.218. The summed E-state index contributed by atoms with van der Waals surface area (Å²) in [6.07, 6.45) is 1.58. The van der Waals surface area contributed by atoms with Crippen molar-refractivity contribution in [2.24, 2.45) is 0 Å². The fraction of sp³-hybridized carbons (Fsp3) is 0.167. The van der Waals surface area contributed by atoms with Crippen molar-refractivity contribution in [3.63, 3.8) is 0 Å². The van der Waals surface area contributed by atoms with Crippen LogP contribution in [0.25, 0.3) is 0 Å². The smallest absolute Gasteiger partial charge is 0.275 e. The first-order chi connectivity index (χ1) is 9.04. The first kappa shape index (κ1) is 13.2. The van der Waals surface area contributed by atoms with Crippen LogP contribution in [0.2, 0.25) is 0 Å². The lowest BCUT2D eigenvalue weighted by molar-refractivity contribution is -0.114. The third-order valence-electron chi connectivity index (χ3n) is 2.19. The summed E-state index contributed by atoms with van der Waals surface area (Å²) in [5, 5.41) is 7.20. The Morgan fingerprint density at radius 3 is 2.68 bits per heavy atom. The maximum atomic E-state index is 11.9. The average Bonchev–Trinajstić information content (AvgIpc) is 2.80. The molecule has 0 radical (unpaired) electrons. The van der Waals surface area contributed by atoms with Crippen LogP contribution in [0.15, 0.2) is 23.7 Å². The van der Waals surface area contributed by atoms with Gasteiger partial charge in [-0.05, 0) is 19.1 Å². The molecule has 0 aliphatic rings. The Hall–Kier alpha value is -2.28. The average molecular weight is 276 g/mol. The predicted molar refractivity (Wildman–Crippen MR) is 73.3 cm³/mol. The molecule has 2 aromatic heterocycles. The summed E-state index contributed by atoms with van der Waals surface area (Å²) < 4.78 is 0. The fourth-order valence-electron chi connectivity index (χ4n) is 1.32. The van der Waals surface area contributed by atoms with Crippen molar-refractivity contribution in [3.8, 4) is 0 Å². The molecule has 19 heavy (non-hydrogen) atoms. The normalized spacial score (nSPS) is 10.0. The van der Waals surface area contributed by atoms with Crippen LogP contribution in [0.3, 0.4) is 0 Å². The summed E-state index contributed by atoms with van der Waals surface area (Å²) in [7, 11) is 0. The SMILES string of the molecule is CC(=O)Nc1nc(C(=O)Nc2ccc(C)nc2)cs1. The topological polar surface area (TPSA) is 84.0 Å². The Morgan fingerprint density at radius 1 is 1.26 bits per heavy atom. The van der Waals surface area contributed by atoms with E-state index in [0.29, 0.717) is 10.8 Å². The molecule has 2 amide bonds. The molecule has 6 nitrogen and oxygen atoms in total. The molecule has 0 fully saturated rings. The molecule has 2 aromatic rings. The molecule has 0 aromatic carbocycles. The summed E-state index contributed by atoms with van der Waals surface area (Å²) in [4.78, 5) is 30.9. The van der Waals surface area contributed by atoms with Crippen LogP contribution in [0.5, 0.6) is 0 Å². The highest BCUT2D eigenvalue weighted by molar-refractivity contribution is 7.14. The molecule has 0 saturated carbocycles. The summed E-state index contributed by atoms with van der Waals surface area (Å²) in [5.41, 5.74) is 1.73. The molecule has 0 bridgehead atoms. The minimum atomic E-state index is -0.335. The molecule has 0 atom stereocenters. The van der Waals surface area contributed by atoms with E-state index in [9.17, 15) is 9.59 Å². The lowest BCUT2D eigenvalue weighted by Crippen LogP contribution is -2.13.